The third-order valence-electron chi connectivity index (χ3n) is 5.68. The zero-order chi connectivity index (χ0) is 21.5. The number of carbonyl (C=O) groups is 1. The average Bonchev–Trinajstić information content (AvgIpc) is 2.89. The number of nitrogens with one attached hydrogen (secondary N) is 1. The number of hydrogen-bond donors (Lipinski definition) is 1. The summed E-state index contributed by atoms with van der Waals surface area (Å²) in [5.74, 6) is 0. The van der Waals surface area contributed by atoms with E-state index in [-0.39, 0.29) is 6.09 Å². The topological polar surface area (TPSA) is 41.6 Å². The summed E-state index contributed by atoms with van der Waals surface area (Å²) in [7, 11) is 0. The number of nitrogens with zero attached hydrogens (tertiary/aromatic N) is 1. The second-order valence-corrected chi connectivity index (χ2v) is 9.86. The van der Waals surface area contributed by atoms with Crippen LogP contribution in [0.4, 0.5) is 10.5 Å². The maximum atomic E-state index is 12.7. The second kappa shape index (κ2) is 8.32. The lowest BCUT2D eigenvalue weighted by Gasteiger charge is -2.26. The molecule has 4 nitrogen and oxygen atoms in total. The van der Waals surface area contributed by atoms with Gasteiger partial charge in [0.15, 0.2) is 0 Å². The largest absolute Gasteiger partial charge is 0.444 e. The van der Waals surface area contributed by atoms with E-state index in [1.54, 1.807) is 0 Å². The first kappa shape index (κ1) is 21.3. The van der Waals surface area contributed by atoms with Gasteiger partial charge in [0.05, 0.1) is 10.0 Å². The van der Waals surface area contributed by atoms with Crippen LogP contribution in [0, 0.1) is 0 Å². The van der Waals surface area contributed by atoms with E-state index >= 15 is 0 Å². The molecule has 4 rings (SSSR count). The number of ether oxygens (including phenoxy) is 1. The van der Waals surface area contributed by atoms with Crippen LogP contribution in [0.1, 0.15) is 43.9 Å². The smallest absolute Gasteiger partial charge is 0.410 e. The molecule has 1 N–H and O–H groups in total. The SMILES string of the molecule is CC(C)(C)OC(=O)N1CCc2cc3c(c(-c4ccc(Cl)c(Cl)c4)c2CC1)NCCC3. The van der Waals surface area contributed by atoms with Crippen LogP contribution in [-0.4, -0.2) is 36.2 Å². The summed E-state index contributed by atoms with van der Waals surface area (Å²) in [6.07, 6.45) is 3.53. The van der Waals surface area contributed by atoms with Gasteiger partial charge in [0.2, 0.25) is 0 Å². The van der Waals surface area contributed by atoms with Crippen LogP contribution in [0.25, 0.3) is 11.1 Å². The zero-order valence-corrected chi connectivity index (χ0v) is 19.3. The number of fused-ring (bicyclic) bond motifs is 2. The Kier molecular flexibility index (Phi) is 5.91. The summed E-state index contributed by atoms with van der Waals surface area (Å²) < 4.78 is 5.62. The summed E-state index contributed by atoms with van der Waals surface area (Å²) in [5, 5.41) is 4.73. The van der Waals surface area contributed by atoms with Crippen LogP contribution >= 0.6 is 23.2 Å². The Morgan fingerprint density at radius 1 is 1.03 bits per heavy atom. The van der Waals surface area contributed by atoms with Gasteiger partial charge in [-0.2, -0.15) is 0 Å². The molecule has 0 aromatic heterocycles. The van der Waals surface area contributed by atoms with Crippen LogP contribution in [0.5, 0.6) is 0 Å². The molecule has 2 aromatic rings. The van der Waals surface area contributed by atoms with Crippen LogP contribution in [-0.2, 0) is 24.0 Å². The summed E-state index contributed by atoms with van der Waals surface area (Å²) in [6, 6.07) is 8.18. The van der Waals surface area contributed by atoms with Crippen LogP contribution < -0.4 is 5.32 Å². The summed E-state index contributed by atoms with van der Waals surface area (Å²) >= 11 is 12.5. The summed E-state index contributed by atoms with van der Waals surface area (Å²) in [5.41, 5.74) is 6.90. The van der Waals surface area contributed by atoms with Crippen LogP contribution in [0.15, 0.2) is 24.3 Å². The van der Waals surface area contributed by atoms with Gasteiger partial charge in [0.1, 0.15) is 5.60 Å². The van der Waals surface area contributed by atoms with Crippen molar-refractivity contribution in [3.8, 4) is 11.1 Å². The molecule has 0 radical (unpaired) electrons. The fourth-order valence-corrected chi connectivity index (χ4v) is 4.63. The van der Waals surface area contributed by atoms with Gasteiger partial charge < -0.3 is 15.0 Å². The first-order valence-corrected chi connectivity index (χ1v) is 11.3. The zero-order valence-electron chi connectivity index (χ0n) is 17.8. The minimum Gasteiger partial charge on any atom is -0.444 e. The minimum absolute atomic E-state index is 0.241. The normalized spacial score (nSPS) is 16.2. The first-order valence-electron chi connectivity index (χ1n) is 10.6. The third-order valence-corrected chi connectivity index (χ3v) is 6.42. The molecule has 0 aliphatic carbocycles. The number of rotatable bonds is 1. The number of aryl methyl sites for hydroxylation is 1. The van der Waals surface area contributed by atoms with Crippen molar-refractivity contribution in [2.75, 3.05) is 25.0 Å². The second-order valence-electron chi connectivity index (χ2n) is 9.05. The number of halogens is 2. The van der Waals surface area contributed by atoms with E-state index < -0.39 is 5.60 Å². The van der Waals surface area contributed by atoms with E-state index in [1.807, 2.05) is 43.9 Å². The molecule has 1 amide bonds. The standard InChI is InChI=1S/C24H28Cl2N2O2/c1-24(2,3)30-23(29)28-11-8-15-13-17-5-4-10-27-22(17)21(18(15)9-12-28)16-6-7-19(25)20(26)14-16/h6-7,13-14,27H,4-5,8-12H2,1-3H3. The van der Waals surface area contributed by atoms with Gasteiger partial charge in [-0.3, -0.25) is 0 Å². The highest BCUT2D eigenvalue weighted by atomic mass is 35.5. The Bertz CT molecular complexity index is 982. The van der Waals surface area contributed by atoms with Gasteiger partial charge in [-0.1, -0.05) is 35.3 Å². The predicted octanol–water partition coefficient (Wildman–Crippen LogP) is 6.35. The molecule has 0 unspecified atom stereocenters. The summed E-state index contributed by atoms with van der Waals surface area (Å²) in [6.45, 7) is 7.97. The van der Waals surface area contributed by atoms with Crippen molar-refractivity contribution in [3.05, 3.63) is 51.0 Å². The molecular weight excluding hydrogens is 419 g/mol. The lowest BCUT2D eigenvalue weighted by molar-refractivity contribution is 0.0258. The van der Waals surface area contributed by atoms with Crippen LogP contribution in [0.2, 0.25) is 10.0 Å². The van der Waals surface area contributed by atoms with Gasteiger partial charge >= 0.3 is 6.09 Å². The maximum Gasteiger partial charge on any atom is 0.410 e. The molecule has 0 fully saturated rings. The molecule has 2 heterocycles. The average molecular weight is 447 g/mol. The van der Waals surface area contributed by atoms with E-state index in [4.69, 9.17) is 27.9 Å². The fraction of sp³-hybridized carbons (Fsp3) is 0.458. The van der Waals surface area contributed by atoms with Gasteiger partial charge in [-0.05, 0) is 80.8 Å². The first-order chi connectivity index (χ1) is 14.2. The Labute approximate surface area is 188 Å². The number of anilines is 1. The third kappa shape index (κ3) is 4.40. The minimum atomic E-state index is -0.496. The fourth-order valence-electron chi connectivity index (χ4n) is 4.33. The van der Waals surface area contributed by atoms with Gasteiger partial charge in [-0.15, -0.1) is 0 Å². The molecule has 0 bridgehead atoms. The summed E-state index contributed by atoms with van der Waals surface area (Å²) in [4.78, 5) is 14.5. The van der Waals surface area contributed by atoms with Crippen molar-refractivity contribution in [3.63, 3.8) is 0 Å². The predicted molar refractivity (Wildman–Crippen MR) is 124 cm³/mol. The molecular formula is C24H28Cl2N2O2. The van der Waals surface area contributed by atoms with Gasteiger partial charge in [0, 0.05) is 30.9 Å². The number of benzene rings is 2. The van der Waals surface area contributed by atoms with Crippen molar-refractivity contribution in [1.82, 2.24) is 4.90 Å². The molecule has 2 aromatic carbocycles. The van der Waals surface area contributed by atoms with E-state index in [2.05, 4.69) is 11.4 Å². The molecule has 0 saturated carbocycles. The molecule has 160 valence electrons. The Morgan fingerprint density at radius 3 is 2.53 bits per heavy atom. The van der Waals surface area contributed by atoms with Crippen molar-refractivity contribution >= 4 is 35.0 Å². The number of hydrogen-bond acceptors (Lipinski definition) is 3. The van der Waals surface area contributed by atoms with Crippen LogP contribution in [0.3, 0.4) is 0 Å². The molecule has 2 aliphatic rings. The molecule has 6 heteroatoms. The highest BCUT2D eigenvalue weighted by molar-refractivity contribution is 6.42. The lowest BCUT2D eigenvalue weighted by Crippen LogP contribution is -2.38. The molecule has 0 atom stereocenters. The Hall–Kier alpha value is -1.91. The molecule has 0 spiro atoms. The lowest BCUT2D eigenvalue weighted by atomic mass is 9.86. The van der Waals surface area contributed by atoms with Gasteiger partial charge in [0.25, 0.3) is 0 Å². The van der Waals surface area contributed by atoms with Crippen molar-refractivity contribution in [1.29, 1.82) is 0 Å². The molecule has 30 heavy (non-hydrogen) atoms. The molecule has 2 aliphatic heterocycles. The van der Waals surface area contributed by atoms with E-state index in [9.17, 15) is 4.79 Å². The van der Waals surface area contributed by atoms with E-state index in [1.165, 1.54) is 27.9 Å². The Balaban J connectivity index is 1.74. The van der Waals surface area contributed by atoms with Crippen molar-refractivity contribution in [2.24, 2.45) is 0 Å². The molecule has 0 saturated heterocycles. The number of amides is 1. The maximum absolute atomic E-state index is 12.7. The van der Waals surface area contributed by atoms with Crippen molar-refractivity contribution < 1.29 is 9.53 Å². The quantitative estimate of drug-likeness (QED) is 0.554. The highest BCUT2D eigenvalue weighted by Crippen LogP contribution is 2.41. The van der Waals surface area contributed by atoms with E-state index in [0.29, 0.717) is 23.1 Å². The Morgan fingerprint density at radius 2 is 1.80 bits per heavy atom. The van der Waals surface area contributed by atoms with E-state index in [0.717, 1.165) is 37.8 Å². The van der Waals surface area contributed by atoms with Crippen molar-refractivity contribution in [2.45, 2.75) is 52.1 Å². The number of carbonyl (C=O) groups excluding carboxylic acids is 1. The van der Waals surface area contributed by atoms with Gasteiger partial charge in [-0.25, -0.2) is 4.79 Å². The monoisotopic (exact) mass is 446 g/mol. The highest BCUT2D eigenvalue weighted by Gasteiger charge is 2.28.